The van der Waals surface area contributed by atoms with E-state index in [-0.39, 0.29) is 14.9 Å². The molecule has 0 saturated carbocycles. The summed E-state index contributed by atoms with van der Waals surface area (Å²) in [6, 6.07) is 0. The summed E-state index contributed by atoms with van der Waals surface area (Å²) in [7, 11) is 3.39. The Kier molecular flexibility index (Phi) is 8.94. The zero-order chi connectivity index (χ0) is 6.08. The van der Waals surface area contributed by atoms with Gasteiger partial charge in [-0.15, -0.1) is 0 Å². The molecule has 0 aromatic carbocycles. The van der Waals surface area contributed by atoms with Gasteiger partial charge >= 0.3 is 0 Å². The number of rotatable bonds is 1. The van der Waals surface area contributed by atoms with E-state index >= 15 is 0 Å². The van der Waals surface area contributed by atoms with Crippen LogP contribution in [-0.4, -0.2) is 26.9 Å². The van der Waals surface area contributed by atoms with Gasteiger partial charge in [0.1, 0.15) is 8.24 Å². The Bertz CT molecular complexity index is 54.4. The summed E-state index contributed by atoms with van der Waals surface area (Å²) >= 11 is 0. The van der Waals surface area contributed by atoms with Crippen LogP contribution in [0.1, 0.15) is 14.9 Å². The molecule has 0 amide bonds. The van der Waals surface area contributed by atoms with Gasteiger partial charge in [-0.3, -0.25) is 0 Å². The molecule has 0 heterocycles. The molecule has 0 unspecified atom stereocenters. The van der Waals surface area contributed by atoms with E-state index < -0.39 is 8.24 Å². The van der Waals surface area contributed by atoms with Crippen LogP contribution in [-0.2, 0) is 0 Å². The first-order valence-corrected chi connectivity index (χ1v) is 6.07. The Morgan fingerprint density at radius 2 is 1.00 bits per heavy atom. The predicted molar refractivity (Wildman–Crippen MR) is 50.5 cm³/mol. The molecule has 1 nitrogen and oxygen atoms in total. The second-order valence-corrected chi connectivity index (χ2v) is 8.30. The van der Waals surface area contributed by atoms with Crippen LogP contribution in [0.15, 0.2) is 0 Å². The van der Waals surface area contributed by atoms with E-state index in [1.807, 2.05) is 0 Å². The van der Waals surface area contributed by atoms with Crippen LogP contribution in [0.5, 0.6) is 0 Å². The van der Waals surface area contributed by atoms with Crippen LogP contribution in [0.4, 0.5) is 0 Å². The molecular formula is C7H23NSi. The first-order chi connectivity index (χ1) is 2.94. The molecule has 9 heavy (non-hydrogen) atoms. The fraction of sp³-hybridized carbons (Fsp3) is 1.00. The maximum Gasteiger partial charge on any atom is 0.118 e. The predicted octanol–water partition coefficient (Wildman–Crippen LogP) is 2.66. The third-order valence-corrected chi connectivity index (χ3v) is 4.02. The van der Waals surface area contributed by atoms with Crippen molar-refractivity contribution in [3.05, 3.63) is 0 Å². The van der Waals surface area contributed by atoms with Gasteiger partial charge in [-0.05, 0) is 14.1 Å². The quantitative estimate of drug-likeness (QED) is 0.518. The smallest absolute Gasteiger partial charge is 0.118 e. The molecule has 0 aromatic rings. The van der Waals surface area contributed by atoms with Crippen LogP contribution in [0.2, 0.25) is 19.6 Å². The van der Waals surface area contributed by atoms with Crippen molar-refractivity contribution in [2.75, 3.05) is 14.1 Å². The molecule has 60 valence electrons. The molecule has 0 radical (unpaired) electrons. The SMILES string of the molecule is C.C.CN(C)[Si](C)(C)C. The standard InChI is InChI=1S/C5H15NSi.2CH4/c1-6(2)7(3,4)5;;/h1-5H3;2*1H4. The van der Waals surface area contributed by atoms with E-state index in [9.17, 15) is 0 Å². The highest BCUT2D eigenvalue weighted by Gasteiger charge is 2.14. The first-order valence-electron chi connectivity index (χ1n) is 2.62. The van der Waals surface area contributed by atoms with Crippen molar-refractivity contribution in [2.24, 2.45) is 0 Å². The largest absolute Gasteiger partial charge is 0.329 e. The summed E-state index contributed by atoms with van der Waals surface area (Å²) in [5, 5.41) is 0. The van der Waals surface area contributed by atoms with Crippen LogP contribution in [0.25, 0.3) is 0 Å². The zero-order valence-corrected chi connectivity index (χ0v) is 6.95. The monoisotopic (exact) mass is 149 g/mol. The molecule has 0 fully saturated rings. The van der Waals surface area contributed by atoms with Crippen molar-refractivity contribution in [3.8, 4) is 0 Å². The lowest BCUT2D eigenvalue weighted by molar-refractivity contribution is 0.627. The summed E-state index contributed by atoms with van der Waals surface area (Å²) in [5.74, 6) is 0. The third-order valence-electron chi connectivity index (χ3n) is 1.34. The molecule has 0 atom stereocenters. The average Bonchev–Trinajstić information content (AvgIpc) is 1.31. The van der Waals surface area contributed by atoms with Crippen LogP contribution in [0.3, 0.4) is 0 Å². The molecule has 0 N–H and O–H groups in total. The second-order valence-electron chi connectivity index (χ2n) is 3.07. The van der Waals surface area contributed by atoms with Crippen molar-refractivity contribution < 1.29 is 0 Å². The second kappa shape index (κ2) is 5.00. The van der Waals surface area contributed by atoms with Gasteiger partial charge in [-0.2, -0.15) is 0 Å². The Morgan fingerprint density at radius 1 is 0.889 bits per heavy atom. The van der Waals surface area contributed by atoms with Gasteiger partial charge in [0.2, 0.25) is 0 Å². The van der Waals surface area contributed by atoms with Gasteiger partial charge < -0.3 is 4.57 Å². The number of hydrogen-bond donors (Lipinski definition) is 0. The van der Waals surface area contributed by atoms with Gasteiger partial charge in [-0.1, -0.05) is 34.5 Å². The number of nitrogens with zero attached hydrogens (tertiary/aromatic N) is 1. The summed E-state index contributed by atoms with van der Waals surface area (Å²) in [4.78, 5) is 0. The summed E-state index contributed by atoms with van der Waals surface area (Å²) in [6.07, 6.45) is 0. The number of hydrogen-bond acceptors (Lipinski definition) is 1. The van der Waals surface area contributed by atoms with Crippen molar-refractivity contribution in [3.63, 3.8) is 0 Å². The fourth-order valence-electron chi connectivity index (χ4n) is 0. The first kappa shape index (κ1) is 16.1. The Hall–Kier alpha value is 0.177. The normalized spacial score (nSPS) is 10.0. The maximum atomic E-state index is 2.33. The zero-order valence-electron chi connectivity index (χ0n) is 5.95. The fourth-order valence-corrected chi connectivity index (χ4v) is 0. The topological polar surface area (TPSA) is 3.24 Å². The van der Waals surface area contributed by atoms with E-state index in [2.05, 4.69) is 38.3 Å². The highest BCUT2D eigenvalue weighted by molar-refractivity contribution is 6.73. The minimum Gasteiger partial charge on any atom is -0.329 e. The van der Waals surface area contributed by atoms with Crippen molar-refractivity contribution in [1.82, 2.24) is 4.57 Å². The molecule has 0 rings (SSSR count). The minimum atomic E-state index is -0.901. The molecule has 0 aliphatic heterocycles. The Balaban J connectivity index is -0.000000180. The Labute approximate surface area is 62.2 Å². The van der Waals surface area contributed by atoms with E-state index in [1.54, 1.807) is 0 Å². The van der Waals surface area contributed by atoms with E-state index in [0.717, 1.165) is 0 Å². The molecule has 0 aromatic heterocycles. The van der Waals surface area contributed by atoms with Gasteiger partial charge in [0, 0.05) is 0 Å². The highest BCUT2D eigenvalue weighted by atomic mass is 28.3. The maximum absolute atomic E-state index is 2.33. The average molecular weight is 149 g/mol. The lowest BCUT2D eigenvalue weighted by Gasteiger charge is -2.24. The summed E-state index contributed by atoms with van der Waals surface area (Å²) in [5.41, 5.74) is 0. The van der Waals surface area contributed by atoms with Gasteiger partial charge in [0.25, 0.3) is 0 Å². The van der Waals surface area contributed by atoms with Gasteiger partial charge in [0.15, 0.2) is 0 Å². The molecule has 0 spiro atoms. The van der Waals surface area contributed by atoms with Gasteiger partial charge in [-0.25, -0.2) is 0 Å². The lowest BCUT2D eigenvalue weighted by Crippen LogP contribution is -2.39. The van der Waals surface area contributed by atoms with Crippen LogP contribution < -0.4 is 0 Å². The van der Waals surface area contributed by atoms with Crippen molar-refractivity contribution in [2.45, 2.75) is 34.5 Å². The van der Waals surface area contributed by atoms with E-state index in [0.29, 0.717) is 0 Å². The summed E-state index contributed by atoms with van der Waals surface area (Å²) in [6.45, 7) is 6.98. The van der Waals surface area contributed by atoms with Gasteiger partial charge in [0.05, 0.1) is 0 Å². The van der Waals surface area contributed by atoms with Crippen LogP contribution in [0, 0.1) is 0 Å². The molecule has 0 aliphatic carbocycles. The molecule has 0 aliphatic rings. The van der Waals surface area contributed by atoms with E-state index in [4.69, 9.17) is 0 Å². The molecule has 2 heteroatoms. The highest BCUT2D eigenvalue weighted by Crippen LogP contribution is 2.01. The van der Waals surface area contributed by atoms with Crippen molar-refractivity contribution in [1.29, 1.82) is 0 Å². The third kappa shape index (κ3) is 8.18. The van der Waals surface area contributed by atoms with Crippen LogP contribution >= 0.6 is 0 Å². The van der Waals surface area contributed by atoms with Crippen molar-refractivity contribution >= 4 is 8.24 Å². The minimum absolute atomic E-state index is 0. The Morgan fingerprint density at radius 3 is 1.00 bits per heavy atom. The molecule has 0 bridgehead atoms. The molecule has 0 saturated heterocycles. The summed E-state index contributed by atoms with van der Waals surface area (Å²) < 4.78 is 2.33. The van der Waals surface area contributed by atoms with E-state index in [1.165, 1.54) is 0 Å². The molecular weight excluding hydrogens is 126 g/mol. The lowest BCUT2D eigenvalue weighted by atomic mass is 11.3.